The summed E-state index contributed by atoms with van der Waals surface area (Å²) in [6.07, 6.45) is 0.597. The van der Waals surface area contributed by atoms with E-state index in [1.165, 1.54) is 0 Å². The van der Waals surface area contributed by atoms with E-state index in [0.29, 0.717) is 6.42 Å². The summed E-state index contributed by atoms with van der Waals surface area (Å²) in [6.45, 7) is 10.2. The zero-order valence-corrected chi connectivity index (χ0v) is 11.8. The molecule has 0 bridgehead atoms. The first-order chi connectivity index (χ1) is 7.85. The Morgan fingerprint density at radius 3 is 2.41 bits per heavy atom. The fraction of sp³-hybridized carbons (Fsp3) is 0.923. The zero-order valence-electron chi connectivity index (χ0n) is 11.8. The molecular weight excluding hydrogens is 214 g/mol. The van der Waals surface area contributed by atoms with Crippen molar-refractivity contribution in [2.75, 3.05) is 40.4 Å². The van der Waals surface area contributed by atoms with E-state index in [0.717, 1.165) is 26.2 Å². The molecule has 4 nitrogen and oxygen atoms in total. The van der Waals surface area contributed by atoms with E-state index in [1.54, 1.807) is 7.11 Å². The molecule has 0 saturated carbocycles. The van der Waals surface area contributed by atoms with Crippen LogP contribution < -0.4 is 0 Å². The minimum absolute atomic E-state index is 0.0283. The maximum absolute atomic E-state index is 9.00. The van der Waals surface area contributed by atoms with Crippen LogP contribution in [0.15, 0.2) is 0 Å². The van der Waals surface area contributed by atoms with Crippen molar-refractivity contribution in [1.82, 2.24) is 9.80 Å². The van der Waals surface area contributed by atoms with Crippen molar-refractivity contribution in [1.29, 1.82) is 5.26 Å². The van der Waals surface area contributed by atoms with Crippen LogP contribution in [-0.2, 0) is 4.74 Å². The molecule has 0 aliphatic carbocycles. The van der Waals surface area contributed by atoms with Crippen LogP contribution in [0.5, 0.6) is 0 Å². The van der Waals surface area contributed by atoms with Gasteiger partial charge < -0.3 is 4.74 Å². The van der Waals surface area contributed by atoms with Gasteiger partial charge in [0.05, 0.1) is 24.6 Å². The van der Waals surface area contributed by atoms with Crippen molar-refractivity contribution in [3.05, 3.63) is 0 Å². The first kappa shape index (κ1) is 14.4. The molecule has 0 spiro atoms. The summed E-state index contributed by atoms with van der Waals surface area (Å²) in [7, 11) is 3.81. The average molecular weight is 239 g/mol. The quantitative estimate of drug-likeness (QED) is 0.725. The predicted octanol–water partition coefficient (Wildman–Crippen LogP) is 1.33. The minimum Gasteiger partial charge on any atom is -0.383 e. The summed E-state index contributed by atoms with van der Waals surface area (Å²) in [5.41, 5.74) is 0.224. The van der Waals surface area contributed by atoms with Crippen LogP contribution in [0.4, 0.5) is 0 Å². The van der Waals surface area contributed by atoms with Gasteiger partial charge in [-0.1, -0.05) is 0 Å². The van der Waals surface area contributed by atoms with Crippen LogP contribution in [0, 0.1) is 11.3 Å². The molecule has 0 aromatic heterocycles. The molecule has 0 radical (unpaired) electrons. The summed E-state index contributed by atoms with van der Waals surface area (Å²) < 4.78 is 5.11. The van der Waals surface area contributed by atoms with E-state index in [1.807, 2.05) is 0 Å². The second kappa shape index (κ2) is 5.34. The van der Waals surface area contributed by atoms with E-state index >= 15 is 0 Å². The van der Waals surface area contributed by atoms with E-state index in [2.05, 4.69) is 43.7 Å². The molecule has 1 aliphatic rings. The zero-order chi connectivity index (χ0) is 13.1. The first-order valence-corrected chi connectivity index (χ1v) is 6.18. The highest BCUT2D eigenvalue weighted by Crippen LogP contribution is 2.34. The maximum atomic E-state index is 9.00. The molecule has 0 aromatic carbocycles. The number of nitrogens with zero attached hydrogens (tertiary/aromatic N) is 3. The number of ether oxygens (including phenoxy) is 1. The Morgan fingerprint density at radius 1 is 1.41 bits per heavy atom. The van der Waals surface area contributed by atoms with Gasteiger partial charge in [0.25, 0.3) is 0 Å². The highest BCUT2D eigenvalue weighted by atomic mass is 16.5. The Bertz CT molecular complexity index is 284. The molecule has 0 N–H and O–H groups in total. The Morgan fingerprint density at radius 2 is 2.00 bits per heavy atom. The van der Waals surface area contributed by atoms with Crippen molar-refractivity contribution >= 4 is 0 Å². The Kier molecular flexibility index (Phi) is 4.54. The third-order valence-corrected chi connectivity index (χ3v) is 3.77. The number of likely N-dealkylation sites (N-methyl/N-ethyl adjacent to an activating group) is 1. The van der Waals surface area contributed by atoms with Crippen LogP contribution >= 0.6 is 0 Å². The molecule has 0 unspecified atom stereocenters. The fourth-order valence-corrected chi connectivity index (χ4v) is 2.24. The molecule has 1 saturated heterocycles. The van der Waals surface area contributed by atoms with E-state index in [9.17, 15) is 0 Å². The van der Waals surface area contributed by atoms with Gasteiger partial charge in [0.1, 0.15) is 0 Å². The number of methoxy groups -OCH3 is 1. The van der Waals surface area contributed by atoms with E-state index in [4.69, 9.17) is 10.00 Å². The van der Waals surface area contributed by atoms with Gasteiger partial charge in [-0.05, 0) is 27.8 Å². The molecule has 98 valence electrons. The summed E-state index contributed by atoms with van der Waals surface area (Å²) in [6, 6.07) is 2.33. The SMILES string of the molecule is COCCN(C)C1(CC#N)CN(C(C)(C)C)C1. The van der Waals surface area contributed by atoms with Crippen LogP contribution in [0.2, 0.25) is 0 Å². The molecular formula is C13H25N3O. The molecule has 0 atom stereocenters. The Balaban J connectivity index is 2.60. The third kappa shape index (κ3) is 3.19. The number of likely N-dealkylation sites (tertiary alicyclic amines) is 1. The maximum Gasteiger partial charge on any atom is 0.0642 e. The Hall–Kier alpha value is -0.630. The lowest BCUT2D eigenvalue weighted by Gasteiger charge is -2.58. The highest BCUT2D eigenvalue weighted by molar-refractivity contribution is 5.10. The number of hydrogen-bond acceptors (Lipinski definition) is 4. The number of nitriles is 1. The van der Waals surface area contributed by atoms with E-state index in [-0.39, 0.29) is 11.1 Å². The van der Waals surface area contributed by atoms with Crippen molar-refractivity contribution in [2.45, 2.75) is 38.3 Å². The molecule has 1 heterocycles. The average Bonchev–Trinajstić information content (AvgIpc) is 2.17. The van der Waals surface area contributed by atoms with Gasteiger partial charge in [-0.3, -0.25) is 9.80 Å². The summed E-state index contributed by atoms with van der Waals surface area (Å²) >= 11 is 0. The van der Waals surface area contributed by atoms with Crippen molar-refractivity contribution in [3.63, 3.8) is 0 Å². The third-order valence-electron chi connectivity index (χ3n) is 3.77. The van der Waals surface area contributed by atoms with Gasteiger partial charge in [-0.2, -0.15) is 5.26 Å². The Labute approximate surface area is 105 Å². The van der Waals surface area contributed by atoms with Crippen molar-refractivity contribution in [2.24, 2.45) is 0 Å². The van der Waals surface area contributed by atoms with Gasteiger partial charge in [-0.15, -0.1) is 0 Å². The van der Waals surface area contributed by atoms with E-state index < -0.39 is 0 Å². The summed E-state index contributed by atoms with van der Waals surface area (Å²) in [5, 5.41) is 9.00. The fourth-order valence-electron chi connectivity index (χ4n) is 2.24. The van der Waals surface area contributed by atoms with Gasteiger partial charge in [0.15, 0.2) is 0 Å². The van der Waals surface area contributed by atoms with Crippen LogP contribution in [0.3, 0.4) is 0 Å². The van der Waals surface area contributed by atoms with Crippen LogP contribution in [-0.4, -0.2) is 61.3 Å². The van der Waals surface area contributed by atoms with Crippen molar-refractivity contribution < 1.29 is 4.74 Å². The minimum atomic E-state index is 0.0283. The molecule has 1 fully saturated rings. The normalized spacial score (nSPS) is 20.1. The lowest BCUT2D eigenvalue weighted by Crippen LogP contribution is -2.73. The predicted molar refractivity (Wildman–Crippen MR) is 68.8 cm³/mol. The number of rotatable bonds is 5. The largest absolute Gasteiger partial charge is 0.383 e. The first-order valence-electron chi connectivity index (χ1n) is 6.18. The van der Waals surface area contributed by atoms with Gasteiger partial charge in [0.2, 0.25) is 0 Å². The molecule has 0 amide bonds. The smallest absolute Gasteiger partial charge is 0.0642 e. The van der Waals surface area contributed by atoms with Gasteiger partial charge in [-0.25, -0.2) is 0 Å². The topological polar surface area (TPSA) is 39.5 Å². The molecule has 17 heavy (non-hydrogen) atoms. The molecule has 4 heteroatoms. The van der Waals surface area contributed by atoms with Crippen molar-refractivity contribution in [3.8, 4) is 6.07 Å². The second-order valence-corrected chi connectivity index (χ2v) is 6.00. The van der Waals surface area contributed by atoms with Crippen LogP contribution in [0.25, 0.3) is 0 Å². The second-order valence-electron chi connectivity index (χ2n) is 6.00. The lowest BCUT2D eigenvalue weighted by atomic mass is 9.81. The molecule has 1 rings (SSSR count). The number of hydrogen-bond donors (Lipinski definition) is 0. The van der Waals surface area contributed by atoms with Gasteiger partial charge >= 0.3 is 0 Å². The molecule has 0 aromatic rings. The lowest BCUT2D eigenvalue weighted by molar-refractivity contribution is -0.0868. The van der Waals surface area contributed by atoms with Crippen LogP contribution in [0.1, 0.15) is 27.2 Å². The van der Waals surface area contributed by atoms with Gasteiger partial charge in [0, 0.05) is 32.3 Å². The highest BCUT2D eigenvalue weighted by Gasteiger charge is 2.49. The standard InChI is InChI=1S/C13H25N3O/c1-12(2,3)16-10-13(11-16,6-7-14)15(4)8-9-17-5/h6,8-11H2,1-5H3. The molecule has 1 aliphatic heterocycles. The summed E-state index contributed by atoms with van der Waals surface area (Å²) in [4.78, 5) is 4.70. The summed E-state index contributed by atoms with van der Waals surface area (Å²) in [5.74, 6) is 0. The monoisotopic (exact) mass is 239 g/mol.